The van der Waals surface area contributed by atoms with Gasteiger partial charge in [-0.3, -0.25) is 0 Å². The van der Waals surface area contributed by atoms with Crippen LogP contribution in [0.4, 0.5) is 0 Å². The van der Waals surface area contributed by atoms with Gasteiger partial charge in [-0.15, -0.1) is 11.3 Å². The molecular formula is C16H27NO2S2. The number of nitrogens with one attached hydrogen (secondary N) is 1. The van der Waals surface area contributed by atoms with E-state index in [2.05, 4.69) is 4.72 Å². The molecule has 1 aliphatic rings. The Balaban J connectivity index is 1.91. The molecule has 120 valence electrons. The van der Waals surface area contributed by atoms with Crippen LogP contribution in [0, 0.1) is 0 Å². The van der Waals surface area contributed by atoms with Crippen molar-refractivity contribution in [1.29, 1.82) is 0 Å². The van der Waals surface area contributed by atoms with Crippen LogP contribution in [0.1, 0.15) is 70.6 Å². The zero-order chi connectivity index (χ0) is 15.0. The summed E-state index contributed by atoms with van der Waals surface area (Å²) in [5, 5.41) is 1.82. The van der Waals surface area contributed by atoms with Crippen LogP contribution in [0.25, 0.3) is 0 Å². The quantitative estimate of drug-likeness (QED) is 0.873. The molecule has 0 aliphatic heterocycles. The zero-order valence-corrected chi connectivity index (χ0v) is 14.4. The maximum Gasteiger partial charge on any atom is 0.250 e. The molecule has 0 unspecified atom stereocenters. The van der Waals surface area contributed by atoms with E-state index in [-0.39, 0.29) is 6.04 Å². The summed E-state index contributed by atoms with van der Waals surface area (Å²) in [4.78, 5) is 0. The molecule has 1 N–H and O–H groups in total. The van der Waals surface area contributed by atoms with Crippen LogP contribution >= 0.6 is 11.3 Å². The predicted octanol–water partition coefficient (Wildman–Crippen LogP) is 4.70. The molecule has 0 saturated heterocycles. The van der Waals surface area contributed by atoms with E-state index < -0.39 is 10.0 Å². The highest BCUT2D eigenvalue weighted by atomic mass is 32.2. The normalized spacial score (nSPS) is 20.6. The lowest BCUT2D eigenvalue weighted by Crippen LogP contribution is -2.34. The minimum Gasteiger partial charge on any atom is -0.207 e. The summed E-state index contributed by atoms with van der Waals surface area (Å²) in [5.74, 6) is 0. The fourth-order valence-corrected chi connectivity index (χ4v) is 5.29. The summed E-state index contributed by atoms with van der Waals surface area (Å²) in [6.45, 7) is 0. The Morgan fingerprint density at radius 2 is 1.43 bits per heavy atom. The van der Waals surface area contributed by atoms with Gasteiger partial charge >= 0.3 is 0 Å². The first-order valence-electron chi connectivity index (χ1n) is 8.24. The van der Waals surface area contributed by atoms with Crippen LogP contribution in [0.5, 0.6) is 0 Å². The van der Waals surface area contributed by atoms with Crippen molar-refractivity contribution in [3.63, 3.8) is 0 Å². The van der Waals surface area contributed by atoms with E-state index in [1.807, 2.05) is 5.38 Å². The van der Waals surface area contributed by atoms with Crippen molar-refractivity contribution in [2.24, 2.45) is 0 Å². The second-order valence-electron chi connectivity index (χ2n) is 6.01. The minimum absolute atomic E-state index is 0.108. The molecule has 0 aromatic carbocycles. The second-order valence-corrected chi connectivity index (χ2v) is 8.90. The minimum atomic E-state index is -3.31. The first kappa shape index (κ1) is 17.0. The van der Waals surface area contributed by atoms with Crippen molar-refractivity contribution in [2.75, 3.05) is 0 Å². The van der Waals surface area contributed by atoms with Crippen LogP contribution in [0.3, 0.4) is 0 Å². The van der Waals surface area contributed by atoms with Crippen LogP contribution in [-0.4, -0.2) is 14.5 Å². The Morgan fingerprint density at radius 1 is 0.905 bits per heavy atom. The number of hydrogen-bond donors (Lipinski definition) is 1. The van der Waals surface area contributed by atoms with Gasteiger partial charge in [-0.25, -0.2) is 13.1 Å². The Bertz CT molecular complexity index is 470. The fourth-order valence-electron chi connectivity index (χ4n) is 2.97. The summed E-state index contributed by atoms with van der Waals surface area (Å²) < 4.78 is 28.0. The Hall–Kier alpha value is -0.390. The van der Waals surface area contributed by atoms with Crippen molar-refractivity contribution in [3.8, 4) is 0 Å². The number of sulfonamides is 1. The topological polar surface area (TPSA) is 46.2 Å². The van der Waals surface area contributed by atoms with Gasteiger partial charge in [0.05, 0.1) is 0 Å². The largest absolute Gasteiger partial charge is 0.250 e. The van der Waals surface area contributed by atoms with Gasteiger partial charge in [-0.05, 0) is 24.3 Å². The lowest BCUT2D eigenvalue weighted by atomic mass is 9.98. The molecule has 1 heterocycles. The maximum absolute atomic E-state index is 12.3. The fraction of sp³-hybridized carbons (Fsp3) is 0.750. The van der Waals surface area contributed by atoms with Gasteiger partial charge in [0.15, 0.2) is 0 Å². The van der Waals surface area contributed by atoms with Crippen LogP contribution < -0.4 is 4.72 Å². The van der Waals surface area contributed by atoms with Crippen LogP contribution in [-0.2, 0) is 10.0 Å². The van der Waals surface area contributed by atoms with Gasteiger partial charge in [-0.1, -0.05) is 63.9 Å². The first-order valence-corrected chi connectivity index (χ1v) is 10.6. The predicted molar refractivity (Wildman–Crippen MR) is 89.2 cm³/mol. The molecule has 0 atom stereocenters. The van der Waals surface area contributed by atoms with E-state index >= 15 is 0 Å². The third-order valence-electron chi connectivity index (χ3n) is 4.19. The molecule has 0 radical (unpaired) electrons. The summed E-state index contributed by atoms with van der Waals surface area (Å²) in [6.07, 6.45) is 13.3. The molecule has 1 aromatic rings. The van der Waals surface area contributed by atoms with Crippen LogP contribution in [0.15, 0.2) is 21.7 Å². The first-order chi connectivity index (χ1) is 10.2. The molecule has 1 saturated carbocycles. The molecule has 5 heteroatoms. The highest BCUT2D eigenvalue weighted by molar-refractivity contribution is 7.91. The highest BCUT2D eigenvalue weighted by Gasteiger charge is 2.20. The Morgan fingerprint density at radius 3 is 1.90 bits per heavy atom. The van der Waals surface area contributed by atoms with Gasteiger partial charge in [0.2, 0.25) is 10.0 Å². The van der Waals surface area contributed by atoms with E-state index in [1.54, 1.807) is 12.1 Å². The van der Waals surface area contributed by atoms with Gasteiger partial charge in [0, 0.05) is 6.04 Å². The average molecular weight is 330 g/mol. The van der Waals surface area contributed by atoms with Crippen molar-refractivity contribution in [3.05, 3.63) is 17.5 Å². The van der Waals surface area contributed by atoms with Crippen molar-refractivity contribution >= 4 is 21.4 Å². The second kappa shape index (κ2) is 8.91. The van der Waals surface area contributed by atoms with Crippen molar-refractivity contribution < 1.29 is 8.42 Å². The van der Waals surface area contributed by atoms with Gasteiger partial charge < -0.3 is 0 Å². The van der Waals surface area contributed by atoms with E-state index in [0.29, 0.717) is 4.21 Å². The summed E-state index contributed by atoms with van der Waals surface area (Å²) in [7, 11) is -3.31. The standard InChI is InChI=1S/C16H27NO2S2/c18-21(19,16-13-10-14-20-16)17-15-11-8-6-4-2-1-3-5-7-9-12-15/h10,13-15,17H,1-9,11-12H2. The Labute approximate surface area is 133 Å². The summed E-state index contributed by atoms with van der Waals surface area (Å²) in [5.41, 5.74) is 0. The molecule has 1 aromatic heterocycles. The molecule has 0 spiro atoms. The highest BCUT2D eigenvalue weighted by Crippen LogP contribution is 2.20. The average Bonchev–Trinajstić information content (AvgIpc) is 2.96. The number of thiophene rings is 1. The lowest BCUT2D eigenvalue weighted by Gasteiger charge is -2.19. The molecule has 1 fully saturated rings. The molecular weight excluding hydrogens is 302 g/mol. The third-order valence-corrected chi connectivity index (χ3v) is 7.10. The van der Waals surface area contributed by atoms with Gasteiger partial charge in [0.25, 0.3) is 0 Å². The van der Waals surface area contributed by atoms with E-state index in [4.69, 9.17) is 0 Å². The van der Waals surface area contributed by atoms with E-state index in [0.717, 1.165) is 25.7 Å². The lowest BCUT2D eigenvalue weighted by molar-refractivity contribution is 0.440. The van der Waals surface area contributed by atoms with Crippen LogP contribution in [0.2, 0.25) is 0 Å². The van der Waals surface area contributed by atoms with Crippen molar-refractivity contribution in [2.45, 2.75) is 80.9 Å². The molecule has 3 nitrogen and oxygen atoms in total. The number of hydrogen-bond acceptors (Lipinski definition) is 3. The zero-order valence-electron chi connectivity index (χ0n) is 12.7. The molecule has 0 bridgehead atoms. The summed E-state index contributed by atoms with van der Waals surface area (Å²) in [6, 6.07) is 3.58. The van der Waals surface area contributed by atoms with E-state index in [1.165, 1.54) is 56.3 Å². The SMILES string of the molecule is O=S(=O)(NC1CCCCCCCCCCC1)c1cccs1. The molecule has 0 amide bonds. The Kier molecular flexibility index (Phi) is 7.20. The summed E-state index contributed by atoms with van der Waals surface area (Å²) >= 11 is 1.29. The number of rotatable bonds is 3. The smallest absolute Gasteiger partial charge is 0.207 e. The molecule has 21 heavy (non-hydrogen) atoms. The monoisotopic (exact) mass is 329 g/mol. The molecule has 1 aliphatic carbocycles. The van der Waals surface area contributed by atoms with Crippen molar-refractivity contribution in [1.82, 2.24) is 4.72 Å². The maximum atomic E-state index is 12.3. The van der Waals surface area contributed by atoms with Gasteiger partial charge in [0.1, 0.15) is 4.21 Å². The third kappa shape index (κ3) is 6.09. The van der Waals surface area contributed by atoms with E-state index in [9.17, 15) is 8.42 Å². The van der Waals surface area contributed by atoms with Gasteiger partial charge in [-0.2, -0.15) is 0 Å². The molecule has 2 rings (SSSR count).